The number of carbonyl (C=O) groups is 1. The van der Waals surface area contributed by atoms with Gasteiger partial charge in [-0.15, -0.1) is 0 Å². The van der Waals surface area contributed by atoms with Crippen LogP contribution in [-0.2, 0) is 15.0 Å². The van der Waals surface area contributed by atoms with Crippen LogP contribution in [0.4, 0.5) is 13.2 Å². The van der Waals surface area contributed by atoms with E-state index >= 15 is 0 Å². The maximum Gasteiger partial charge on any atom is 0.490 e. The van der Waals surface area contributed by atoms with Crippen LogP contribution in [0, 0.1) is 5.92 Å². The third kappa shape index (κ3) is 8.19. The van der Waals surface area contributed by atoms with E-state index in [0.29, 0.717) is 12.5 Å². The summed E-state index contributed by atoms with van der Waals surface area (Å²) in [5.41, 5.74) is 0. The van der Waals surface area contributed by atoms with Crippen molar-refractivity contribution in [2.45, 2.75) is 32.5 Å². The summed E-state index contributed by atoms with van der Waals surface area (Å²) in [6, 6.07) is -0.0574. The van der Waals surface area contributed by atoms with Crippen molar-refractivity contribution in [2.24, 2.45) is 11.1 Å². The molecule has 1 aliphatic heterocycles. The van der Waals surface area contributed by atoms with Gasteiger partial charge in [0.25, 0.3) is 10.2 Å². The summed E-state index contributed by atoms with van der Waals surface area (Å²) in [4.78, 5) is 8.90. The van der Waals surface area contributed by atoms with Crippen LogP contribution in [0.1, 0.15) is 20.3 Å². The quantitative estimate of drug-likeness (QED) is 0.662. The number of carboxylic acids is 1. The van der Waals surface area contributed by atoms with Gasteiger partial charge in [0.15, 0.2) is 0 Å². The molecule has 21 heavy (non-hydrogen) atoms. The van der Waals surface area contributed by atoms with Crippen molar-refractivity contribution >= 4 is 16.2 Å². The number of hydrogen-bond acceptors (Lipinski definition) is 4. The minimum absolute atomic E-state index is 0.0574. The van der Waals surface area contributed by atoms with E-state index < -0.39 is 22.4 Å². The standard InChI is InChI=1S/C8H19N3O2S.C2HF3O2/c1-7(2)11(14(9,12)13)4-3-8-5-10-6-8;3-2(4,5)1(6)7/h7-8,10H,3-6H2,1-2H3,(H2,9,12,13);(H,6,7). The Bertz CT molecular complexity index is 435. The molecule has 0 atom stereocenters. The topological polar surface area (TPSA) is 113 Å². The van der Waals surface area contributed by atoms with E-state index in [2.05, 4.69) is 5.32 Å². The summed E-state index contributed by atoms with van der Waals surface area (Å²) in [6.45, 7) is 6.20. The lowest BCUT2D eigenvalue weighted by Crippen LogP contribution is -2.47. The fourth-order valence-corrected chi connectivity index (χ4v) is 2.49. The highest BCUT2D eigenvalue weighted by molar-refractivity contribution is 7.86. The molecular formula is C10H20F3N3O4S. The molecule has 0 aromatic carbocycles. The number of rotatable bonds is 5. The van der Waals surface area contributed by atoms with Crippen LogP contribution in [-0.4, -0.2) is 55.7 Å². The number of nitrogens with two attached hydrogens (primary N) is 1. The third-order valence-electron chi connectivity index (χ3n) is 2.77. The smallest absolute Gasteiger partial charge is 0.475 e. The zero-order valence-electron chi connectivity index (χ0n) is 11.7. The second kappa shape index (κ2) is 7.92. The number of aliphatic carboxylic acids is 1. The van der Waals surface area contributed by atoms with Gasteiger partial charge in [-0.05, 0) is 39.3 Å². The van der Waals surface area contributed by atoms with Crippen molar-refractivity contribution < 1.29 is 31.5 Å². The predicted molar refractivity (Wildman–Crippen MR) is 69.6 cm³/mol. The first-order valence-electron chi connectivity index (χ1n) is 6.16. The fourth-order valence-electron chi connectivity index (χ4n) is 1.54. The molecule has 0 spiro atoms. The van der Waals surface area contributed by atoms with Crippen molar-refractivity contribution in [3.63, 3.8) is 0 Å². The molecule has 1 aliphatic rings. The maximum absolute atomic E-state index is 11.2. The van der Waals surface area contributed by atoms with Gasteiger partial charge in [-0.2, -0.15) is 25.9 Å². The van der Waals surface area contributed by atoms with Crippen LogP contribution in [0.2, 0.25) is 0 Å². The highest BCUT2D eigenvalue weighted by Gasteiger charge is 2.38. The van der Waals surface area contributed by atoms with Crippen LogP contribution in [0.25, 0.3) is 0 Å². The summed E-state index contributed by atoms with van der Waals surface area (Å²) in [5, 5.41) is 15.4. The van der Waals surface area contributed by atoms with E-state index in [0.717, 1.165) is 19.5 Å². The molecule has 0 aromatic rings. The number of carboxylic acid groups (broad SMARTS) is 1. The average Bonchev–Trinajstić information content (AvgIpc) is 2.18. The van der Waals surface area contributed by atoms with Gasteiger partial charge in [0.2, 0.25) is 0 Å². The third-order valence-corrected chi connectivity index (χ3v) is 4.03. The number of nitrogens with one attached hydrogen (secondary N) is 1. The van der Waals surface area contributed by atoms with Gasteiger partial charge >= 0.3 is 12.1 Å². The van der Waals surface area contributed by atoms with Crippen molar-refractivity contribution in [1.82, 2.24) is 9.62 Å². The lowest BCUT2D eigenvalue weighted by molar-refractivity contribution is -0.192. The van der Waals surface area contributed by atoms with E-state index in [1.807, 2.05) is 13.8 Å². The zero-order valence-corrected chi connectivity index (χ0v) is 12.5. The van der Waals surface area contributed by atoms with Crippen molar-refractivity contribution in [1.29, 1.82) is 0 Å². The second-order valence-corrected chi connectivity index (χ2v) is 6.36. The Labute approximate surface area is 121 Å². The molecule has 0 aliphatic carbocycles. The highest BCUT2D eigenvalue weighted by Crippen LogP contribution is 2.13. The molecule has 1 rings (SSSR count). The lowest BCUT2D eigenvalue weighted by Gasteiger charge is -2.30. The average molecular weight is 335 g/mol. The largest absolute Gasteiger partial charge is 0.490 e. The summed E-state index contributed by atoms with van der Waals surface area (Å²) >= 11 is 0. The normalized spacial score (nSPS) is 16.4. The van der Waals surface area contributed by atoms with Gasteiger partial charge in [0.1, 0.15) is 0 Å². The molecule has 1 fully saturated rings. The van der Waals surface area contributed by atoms with E-state index in [4.69, 9.17) is 15.0 Å². The Kier molecular flexibility index (Phi) is 7.57. The Morgan fingerprint density at radius 3 is 2.05 bits per heavy atom. The molecular weight excluding hydrogens is 315 g/mol. The highest BCUT2D eigenvalue weighted by atomic mass is 32.2. The van der Waals surface area contributed by atoms with Crippen molar-refractivity contribution in [2.75, 3.05) is 19.6 Å². The van der Waals surface area contributed by atoms with E-state index in [-0.39, 0.29) is 6.04 Å². The Balaban J connectivity index is 0.000000486. The van der Waals surface area contributed by atoms with Crippen LogP contribution < -0.4 is 10.5 Å². The van der Waals surface area contributed by atoms with Crippen LogP contribution in [0.3, 0.4) is 0 Å². The number of hydrogen-bond donors (Lipinski definition) is 3. The van der Waals surface area contributed by atoms with Crippen LogP contribution in [0.5, 0.6) is 0 Å². The first-order valence-corrected chi connectivity index (χ1v) is 7.66. The minimum atomic E-state index is -5.08. The summed E-state index contributed by atoms with van der Waals surface area (Å²) < 4.78 is 55.4. The van der Waals surface area contributed by atoms with Gasteiger partial charge < -0.3 is 10.4 Å². The first kappa shape index (κ1) is 20.1. The molecule has 4 N–H and O–H groups in total. The zero-order chi connectivity index (χ0) is 16.8. The summed E-state index contributed by atoms with van der Waals surface area (Å²) in [5.74, 6) is -2.15. The molecule has 0 unspecified atom stereocenters. The molecule has 7 nitrogen and oxygen atoms in total. The molecule has 1 heterocycles. The first-order chi connectivity index (χ1) is 9.35. The molecule has 0 saturated carbocycles. The van der Waals surface area contributed by atoms with E-state index in [1.54, 1.807) is 0 Å². The number of halogens is 3. The molecule has 0 bridgehead atoms. The Morgan fingerprint density at radius 2 is 1.86 bits per heavy atom. The predicted octanol–water partition coefficient (Wildman–Crippen LogP) is 0.143. The Morgan fingerprint density at radius 1 is 1.43 bits per heavy atom. The summed E-state index contributed by atoms with van der Waals surface area (Å²) in [7, 11) is -3.53. The maximum atomic E-state index is 11.2. The summed E-state index contributed by atoms with van der Waals surface area (Å²) in [6.07, 6.45) is -4.19. The van der Waals surface area contributed by atoms with Crippen molar-refractivity contribution in [3.8, 4) is 0 Å². The minimum Gasteiger partial charge on any atom is -0.475 e. The fraction of sp³-hybridized carbons (Fsp3) is 0.900. The van der Waals surface area contributed by atoms with Gasteiger partial charge in [-0.25, -0.2) is 9.93 Å². The van der Waals surface area contributed by atoms with Crippen LogP contribution in [0.15, 0.2) is 0 Å². The van der Waals surface area contributed by atoms with Crippen LogP contribution >= 0.6 is 0 Å². The SMILES string of the molecule is CC(C)N(CCC1CNC1)S(N)(=O)=O.O=C(O)C(F)(F)F. The van der Waals surface area contributed by atoms with Gasteiger partial charge in [0.05, 0.1) is 0 Å². The Hall–Kier alpha value is -0.910. The molecule has 0 radical (unpaired) electrons. The molecule has 126 valence electrons. The number of nitrogens with zero attached hydrogens (tertiary/aromatic N) is 1. The van der Waals surface area contributed by atoms with E-state index in [1.165, 1.54) is 4.31 Å². The molecule has 11 heteroatoms. The van der Waals surface area contributed by atoms with Gasteiger partial charge in [-0.3, -0.25) is 0 Å². The van der Waals surface area contributed by atoms with E-state index in [9.17, 15) is 21.6 Å². The lowest BCUT2D eigenvalue weighted by atomic mass is 9.99. The van der Waals surface area contributed by atoms with Gasteiger partial charge in [-0.1, -0.05) is 0 Å². The van der Waals surface area contributed by atoms with Crippen molar-refractivity contribution in [3.05, 3.63) is 0 Å². The monoisotopic (exact) mass is 335 g/mol. The number of alkyl halides is 3. The molecule has 0 aromatic heterocycles. The molecule has 1 saturated heterocycles. The molecule has 0 amide bonds. The second-order valence-electron chi connectivity index (χ2n) is 4.87. The van der Waals surface area contributed by atoms with Gasteiger partial charge in [0, 0.05) is 12.6 Å².